The SMILES string of the molecule is CC[C@@H]1C(=O)NCCCN1C(=O)Cc1ccc2c(c1)CCCO2. The first-order valence-corrected chi connectivity index (χ1v) is 8.51. The number of hydrogen-bond acceptors (Lipinski definition) is 3. The van der Waals surface area contributed by atoms with Crippen LogP contribution >= 0.6 is 0 Å². The van der Waals surface area contributed by atoms with E-state index in [9.17, 15) is 9.59 Å². The van der Waals surface area contributed by atoms with E-state index in [1.165, 1.54) is 5.56 Å². The van der Waals surface area contributed by atoms with Crippen LogP contribution in [0, 0.1) is 0 Å². The molecule has 0 aliphatic carbocycles. The van der Waals surface area contributed by atoms with Gasteiger partial charge in [0, 0.05) is 13.1 Å². The number of nitrogens with zero attached hydrogens (tertiary/aromatic N) is 1. The van der Waals surface area contributed by atoms with Crippen molar-refractivity contribution in [3.05, 3.63) is 29.3 Å². The Bertz CT molecular complexity index is 600. The van der Waals surface area contributed by atoms with E-state index in [1.807, 2.05) is 19.1 Å². The van der Waals surface area contributed by atoms with Gasteiger partial charge in [0.2, 0.25) is 11.8 Å². The van der Waals surface area contributed by atoms with Gasteiger partial charge in [-0.05, 0) is 42.9 Å². The average molecular weight is 316 g/mol. The van der Waals surface area contributed by atoms with E-state index in [0.717, 1.165) is 37.2 Å². The smallest absolute Gasteiger partial charge is 0.242 e. The molecule has 1 aromatic carbocycles. The highest BCUT2D eigenvalue weighted by Crippen LogP contribution is 2.26. The molecule has 2 amide bonds. The summed E-state index contributed by atoms with van der Waals surface area (Å²) in [5.41, 5.74) is 2.18. The molecule has 1 fully saturated rings. The molecule has 0 bridgehead atoms. The molecule has 1 aromatic rings. The highest BCUT2D eigenvalue weighted by molar-refractivity contribution is 5.88. The maximum atomic E-state index is 12.7. The van der Waals surface area contributed by atoms with Crippen LogP contribution in [0.1, 0.15) is 37.3 Å². The zero-order chi connectivity index (χ0) is 16.2. The van der Waals surface area contributed by atoms with E-state index in [4.69, 9.17) is 4.74 Å². The van der Waals surface area contributed by atoms with E-state index < -0.39 is 0 Å². The predicted molar refractivity (Wildman–Crippen MR) is 87.4 cm³/mol. The number of hydrogen-bond donors (Lipinski definition) is 1. The van der Waals surface area contributed by atoms with Crippen molar-refractivity contribution < 1.29 is 14.3 Å². The van der Waals surface area contributed by atoms with Gasteiger partial charge in [0.25, 0.3) is 0 Å². The highest BCUT2D eigenvalue weighted by atomic mass is 16.5. The maximum Gasteiger partial charge on any atom is 0.242 e. The van der Waals surface area contributed by atoms with E-state index >= 15 is 0 Å². The Morgan fingerprint density at radius 1 is 1.39 bits per heavy atom. The summed E-state index contributed by atoms with van der Waals surface area (Å²) in [6, 6.07) is 5.65. The fraction of sp³-hybridized carbons (Fsp3) is 0.556. The van der Waals surface area contributed by atoms with Crippen molar-refractivity contribution in [2.75, 3.05) is 19.7 Å². The van der Waals surface area contributed by atoms with Crippen LogP contribution < -0.4 is 10.1 Å². The molecule has 0 unspecified atom stereocenters. The van der Waals surface area contributed by atoms with Crippen LogP contribution in [0.25, 0.3) is 0 Å². The maximum absolute atomic E-state index is 12.7. The quantitative estimate of drug-likeness (QED) is 0.923. The monoisotopic (exact) mass is 316 g/mol. The minimum Gasteiger partial charge on any atom is -0.493 e. The minimum atomic E-state index is -0.342. The van der Waals surface area contributed by atoms with Gasteiger partial charge >= 0.3 is 0 Å². The van der Waals surface area contributed by atoms with Crippen LogP contribution in [0.5, 0.6) is 5.75 Å². The van der Waals surface area contributed by atoms with Gasteiger partial charge < -0.3 is 15.0 Å². The van der Waals surface area contributed by atoms with Crippen molar-refractivity contribution in [3.63, 3.8) is 0 Å². The standard InChI is InChI=1S/C18H24N2O3/c1-2-15-18(22)19-8-4-9-20(15)17(21)12-13-6-7-16-14(11-13)5-3-10-23-16/h6-7,11,15H,2-5,8-10,12H2,1H3,(H,19,22)/t15-/m1/s1. The van der Waals surface area contributed by atoms with Crippen LogP contribution in [0.15, 0.2) is 18.2 Å². The lowest BCUT2D eigenvalue weighted by atomic mass is 10.0. The van der Waals surface area contributed by atoms with Gasteiger partial charge in [-0.2, -0.15) is 0 Å². The zero-order valence-corrected chi connectivity index (χ0v) is 13.6. The van der Waals surface area contributed by atoms with Crippen LogP contribution in [-0.4, -0.2) is 42.5 Å². The summed E-state index contributed by atoms with van der Waals surface area (Å²) in [6.07, 6.45) is 3.83. The lowest BCUT2D eigenvalue weighted by molar-refractivity contribution is -0.139. The van der Waals surface area contributed by atoms with Gasteiger partial charge in [-0.25, -0.2) is 0 Å². The molecule has 0 aromatic heterocycles. The zero-order valence-electron chi connectivity index (χ0n) is 13.6. The van der Waals surface area contributed by atoms with Crippen molar-refractivity contribution in [3.8, 4) is 5.75 Å². The number of carbonyl (C=O) groups excluding carboxylic acids is 2. The third kappa shape index (κ3) is 3.49. The van der Waals surface area contributed by atoms with Gasteiger partial charge in [-0.1, -0.05) is 19.1 Å². The molecule has 5 nitrogen and oxygen atoms in total. The van der Waals surface area contributed by atoms with Crippen LogP contribution in [0.4, 0.5) is 0 Å². The van der Waals surface area contributed by atoms with E-state index in [2.05, 4.69) is 11.4 Å². The molecule has 2 aliphatic heterocycles. The number of aryl methyl sites for hydroxylation is 1. The molecular weight excluding hydrogens is 292 g/mol. The highest BCUT2D eigenvalue weighted by Gasteiger charge is 2.30. The molecule has 0 spiro atoms. The first-order chi connectivity index (χ1) is 11.2. The Hall–Kier alpha value is -2.04. The number of carbonyl (C=O) groups is 2. The van der Waals surface area contributed by atoms with Gasteiger partial charge in [-0.3, -0.25) is 9.59 Å². The van der Waals surface area contributed by atoms with Crippen molar-refractivity contribution in [1.82, 2.24) is 10.2 Å². The molecule has 1 N–H and O–H groups in total. The number of fused-ring (bicyclic) bond motifs is 1. The molecule has 5 heteroatoms. The Morgan fingerprint density at radius 2 is 2.26 bits per heavy atom. The summed E-state index contributed by atoms with van der Waals surface area (Å²) >= 11 is 0. The van der Waals surface area contributed by atoms with E-state index in [1.54, 1.807) is 4.90 Å². The van der Waals surface area contributed by atoms with Gasteiger partial charge in [0.15, 0.2) is 0 Å². The Balaban J connectivity index is 1.73. The van der Waals surface area contributed by atoms with Crippen molar-refractivity contribution in [2.24, 2.45) is 0 Å². The Labute approximate surface area is 137 Å². The predicted octanol–water partition coefficient (Wildman–Crippen LogP) is 1.68. The van der Waals surface area contributed by atoms with Crippen molar-refractivity contribution in [1.29, 1.82) is 0 Å². The Morgan fingerprint density at radius 3 is 3.09 bits per heavy atom. The molecule has 2 heterocycles. The average Bonchev–Trinajstić information content (AvgIpc) is 2.76. The van der Waals surface area contributed by atoms with Crippen molar-refractivity contribution >= 4 is 11.8 Å². The molecule has 0 saturated carbocycles. The summed E-state index contributed by atoms with van der Waals surface area (Å²) in [5.74, 6) is 0.941. The Kier molecular flexibility index (Phi) is 4.84. The lowest BCUT2D eigenvalue weighted by Crippen LogP contribution is -2.47. The first-order valence-electron chi connectivity index (χ1n) is 8.51. The summed E-state index contributed by atoms with van der Waals surface area (Å²) in [4.78, 5) is 26.5. The number of nitrogens with one attached hydrogen (secondary N) is 1. The second-order valence-electron chi connectivity index (χ2n) is 6.23. The van der Waals surface area contributed by atoms with Gasteiger partial charge in [0.05, 0.1) is 13.0 Å². The van der Waals surface area contributed by atoms with Crippen LogP contribution in [0.2, 0.25) is 0 Å². The summed E-state index contributed by atoms with van der Waals surface area (Å²) in [6.45, 7) is 4.01. The summed E-state index contributed by atoms with van der Waals surface area (Å²) < 4.78 is 5.62. The van der Waals surface area contributed by atoms with E-state index in [0.29, 0.717) is 25.9 Å². The molecule has 23 heavy (non-hydrogen) atoms. The van der Waals surface area contributed by atoms with Crippen LogP contribution in [0.3, 0.4) is 0 Å². The normalized spacial score (nSPS) is 21.0. The number of rotatable bonds is 3. The first kappa shape index (κ1) is 15.8. The third-order valence-corrected chi connectivity index (χ3v) is 4.59. The molecule has 1 atom stereocenters. The molecule has 1 saturated heterocycles. The molecule has 3 rings (SSSR count). The van der Waals surface area contributed by atoms with Crippen LogP contribution in [-0.2, 0) is 22.4 Å². The fourth-order valence-electron chi connectivity index (χ4n) is 3.38. The summed E-state index contributed by atoms with van der Waals surface area (Å²) in [5, 5.41) is 2.89. The molecule has 0 radical (unpaired) electrons. The number of benzene rings is 1. The lowest BCUT2D eigenvalue weighted by Gasteiger charge is -2.28. The van der Waals surface area contributed by atoms with Gasteiger partial charge in [0.1, 0.15) is 11.8 Å². The fourth-order valence-corrected chi connectivity index (χ4v) is 3.38. The number of amides is 2. The van der Waals surface area contributed by atoms with Gasteiger partial charge in [-0.15, -0.1) is 0 Å². The molecule has 2 aliphatic rings. The van der Waals surface area contributed by atoms with Crippen molar-refractivity contribution in [2.45, 2.75) is 45.1 Å². The second kappa shape index (κ2) is 7.02. The largest absolute Gasteiger partial charge is 0.493 e. The second-order valence-corrected chi connectivity index (χ2v) is 6.23. The molecule has 124 valence electrons. The topological polar surface area (TPSA) is 58.6 Å². The third-order valence-electron chi connectivity index (χ3n) is 4.59. The number of ether oxygens (including phenoxy) is 1. The molecular formula is C18H24N2O3. The van der Waals surface area contributed by atoms with E-state index in [-0.39, 0.29) is 17.9 Å². The summed E-state index contributed by atoms with van der Waals surface area (Å²) in [7, 11) is 0. The minimum absolute atomic E-state index is 0.0304.